The van der Waals surface area contributed by atoms with Crippen molar-refractivity contribution in [1.82, 2.24) is 4.98 Å². The number of nitrogens with two attached hydrogens (primary N) is 1. The minimum Gasteiger partial charge on any atom is -0.366 e. The lowest BCUT2D eigenvalue weighted by molar-refractivity contribution is 1.05. The molecular weight excluding hydrogens is 224 g/mol. The lowest BCUT2D eigenvalue weighted by atomic mass is 10.1. The van der Waals surface area contributed by atoms with Crippen molar-refractivity contribution in [3.63, 3.8) is 0 Å². The Kier molecular flexibility index (Phi) is 3.90. The Hall–Kier alpha value is -2.38. The summed E-state index contributed by atoms with van der Waals surface area (Å²) >= 11 is 0. The molecule has 0 atom stereocenters. The summed E-state index contributed by atoms with van der Waals surface area (Å²) in [5.41, 5.74) is 8.22. The van der Waals surface area contributed by atoms with Crippen LogP contribution in [0.3, 0.4) is 0 Å². The Labute approximate surface area is 106 Å². The summed E-state index contributed by atoms with van der Waals surface area (Å²) in [6, 6.07) is 15.4. The third-order valence-corrected chi connectivity index (χ3v) is 2.60. The zero-order valence-electron chi connectivity index (χ0n) is 9.93. The lowest BCUT2D eigenvalue weighted by Gasteiger charge is -2.06. The normalized spacial score (nSPS) is 9.78. The van der Waals surface area contributed by atoms with Gasteiger partial charge in [0.2, 0.25) is 0 Å². The first-order chi connectivity index (χ1) is 8.81. The van der Waals surface area contributed by atoms with Crippen LogP contribution in [0.15, 0.2) is 42.5 Å². The number of rotatable bonds is 4. The van der Waals surface area contributed by atoms with Crippen LogP contribution in [0, 0.1) is 11.3 Å². The third-order valence-electron chi connectivity index (χ3n) is 2.60. The molecular formula is C14H14N4. The van der Waals surface area contributed by atoms with Gasteiger partial charge in [0.15, 0.2) is 0 Å². The van der Waals surface area contributed by atoms with Crippen LogP contribution < -0.4 is 11.1 Å². The molecule has 0 amide bonds. The molecule has 1 aromatic carbocycles. The van der Waals surface area contributed by atoms with Crippen molar-refractivity contribution >= 4 is 5.82 Å². The van der Waals surface area contributed by atoms with E-state index in [-0.39, 0.29) is 0 Å². The molecule has 1 aromatic heterocycles. The molecule has 0 aliphatic carbocycles. The van der Waals surface area contributed by atoms with Crippen LogP contribution in [0.5, 0.6) is 0 Å². The fourth-order valence-corrected chi connectivity index (χ4v) is 1.58. The highest BCUT2D eigenvalue weighted by Gasteiger charge is 1.97. The zero-order valence-corrected chi connectivity index (χ0v) is 9.93. The van der Waals surface area contributed by atoms with Crippen molar-refractivity contribution < 1.29 is 0 Å². The van der Waals surface area contributed by atoms with Gasteiger partial charge in [-0.15, -0.1) is 0 Å². The fourth-order valence-electron chi connectivity index (χ4n) is 1.58. The van der Waals surface area contributed by atoms with Gasteiger partial charge >= 0.3 is 0 Å². The summed E-state index contributed by atoms with van der Waals surface area (Å²) in [6.07, 6.45) is 0. The number of hydrogen-bond acceptors (Lipinski definition) is 4. The van der Waals surface area contributed by atoms with Gasteiger partial charge in [0.25, 0.3) is 0 Å². The average Bonchev–Trinajstić information content (AvgIpc) is 2.46. The van der Waals surface area contributed by atoms with E-state index in [1.807, 2.05) is 42.5 Å². The number of benzene rings is 1. The molecule has 0 aliphatic rings. The van der Waals surface area contributed by atoms with Crippen LogP contribution >= 0.6 is 0 Å². The molecule has 90 valence electrons. The minimum atomic E-state index is 0.415. The predicted molar refractivity (Wildman–Crippen MR) is 70.6 cm³/mol. The monoisotopic (exact) mass is 238 g/mol. The molecule has 18 heavy (non-hydrogen) atoms. The van der Waals surface area contributed by atoms with E-state index in [2.05, 4.69) is 10.3 Å². The van der Waals surface area contributed by atoms with Gasteiger partial charge in [-0.2, -0.15) is 5.26 Å². The summed E-state index contributed by atoms with van der Waals surface area (Å²) < 4.78 is 0. The second-order valence-corrected chi connectivity index (χ2v) is 3.89. The van der Waals surface area contributed by atoms with E-state index in [1.54, 1.807) is 6.07 Å². The number of pyridine rings is 1. The van der Waals surface area contributed by atoms with E-state index >= 15 is 0 Å². The van der Waals surface area contributed by atoms with Gasteiger partial charge in [-0.3, -0.25) is 0 Å². The van der Waals surface area contributed by atoms with Gasteiger partial charge in [-0.1, -0.05) is 30.3 Å². The second-order valence-electron chi connectivity index (χ2n) is 3.89. The summed E-state index contributed by atoms with van der Waals surface area (Å²) in [5.74, 6) is 0.706. The van der Waals surface area contributed by atoms with Crippen molar-refractivity contribution in [2.75, 3.05) is 5.32 Å². The number of anilines is 1. The van der Waals surface area contributed by atoms with Crippen molar-refractivity contribution in [3.8, 4) is 6.07 Å². The van der Waals surface area contributed by atoms with Crippen molar-refractivity contribution in [2.45, 2.75) is 13.1 Å². The quantitative estimate of drug-likeness (QED) is 0.854. The van der Waals surface area contributed by atoms with Crippen LogP contribution in [-0.2, 0) is 13.1 Å². The SMILES string of the molecule is N#Cc1cccc(NCc2ccc(CN)cc2)n1. The maximum Gasteiger partial charge on any atom is 0.142 e. The van der Waals surface area contributed by atoms with Gasteiger partial charge in [-0.25, -0.2) is 4.98 Å². The molecule has 4 heteroatoms. The number of nitrogens with one attached hydrogen (secondary N) is 1. The predicted octanol–water partition coefficient (Wildman–Crippen LogP) is 2.02. The maximum absolute atomic E-state index is 8.75. The van der Waals surface area contributed by atoms with Crippen LogP contribution in [0.2, 0.25) is 0 Å². The molecule has 2 aromatic rings. The molecule has 0 unspecified atom stereocenters. The molecule has 2 rings (SSSR count). The van der Waals surface area contributed by atoms with Crippen molar-refractivity contribution in [2.24, 2.45) is 5.73 Å². The van der Waals surface area contributed by atoms with E-state index in [0.717, 1.165) is 11.1 Å². The lowest BCUT2D eigenvalue weighted by Crippen LogP contribution is -2.02. The number of hydrogen-bond donors (Lipinski definition) is 2. The van der Waals surface area contributed by atoms with Gasteiger partial charge < -0.3 is 11.1 Å². The largest absolute Gasteiger partial charge is 0.366 e. The van der Waals surface area contributed by atoms with Gasteiger partial charge in [0.1, 0.15) is 17.6 Å². The molecule has 1 heterocycles. The van der Waals surface area contributed by atoms with Crippen LogP contribution in [0.1, 0.15) is 16.8 Å². The smallest absolute Gasteiger partial charge is 0.142 e. The summed E-state index contributed by atoms with van der Waals surface area (Å²) in [6.45, 7) is 1.23. The first-order valence-electron chi connectivity index (χ1n) is 5.71. The standard InChI is InChI=1S/C14H14N4/c15-8-11-4-6-12(7-5-11)10-17-14-3-1-2-13(9-16)18-14/h1-7H,8,10,15H2,(H,17,18). The van der Waals surface area contributed by atoms with Crippen molar-refractivity contribution in [3.05, 3.63) is 59.3 Å². The highest BCUT2D eigenvalue weighted by atomic mass is 15.0. The summed E-state index contributed by atoms with van der Waals surface area (Å²) in [5, 5.41) is 11.9. The third kappa shape index (κ3) is 3.06. The Balaban J connectivity index is 2.00. The fraction of sp³-hybridized carbons (Fsp3) is 0.143. The highest BCUT2D eigenvalue weighted by Crippen LogP contribution is 2.08. The van der Waals surface area contributed by atoms with E-state index in [1.165, 1.54) is 0 Å². The summed E-state index contributed by atoms with van der Waals surface area (Å²) in [7, 11) is 0. The molecule has 0 saturated heterocycles. The molecule has 3 N–H and O–H groups in total. The Bertz CT molecular complexity index is 555. The van der Waals surface area contributed by atoms with Crippen LogP contribution in [0.25, 0.3) is 0 Å². The number of nitrogens with zero attached hydrogens (tertiary/aromatic N) is 2. The molecule has 0 fully saturated rings. The zero-order chi connectivity index (χ0) is 12.8. The van der Waals surface area contributed by atoms with Crippen molar-refractivity contribution in [1.29, 1.82) is 5.26 Å². The Morgan fingerprint density at radius 3 is 2.50 bits per heavy atom. The first kappa shape index (κ1) is 12.1. The van der Waals surface area contributed by atoms with E-state index in [9.17, 15) is 0 Å². The maximum atomic E-state index is 8.75. The minimum absolute atomic E-state index is 0.415. The Morgan fingerprint density at radius 1 is 1.11 bits per heavy atom. The molecule has 0 spiro atoms. The first-order valence-corrected chi connectivity index (χ1v) is 5.71. The topological polar surface area (TPSA) is 74.7 Å². The second kappa shape index (κ2) is 5.80. The van der Waals surface area contributed by atoms with Gasteiger partial charge in [-0.05, 0) is 23.3 Å². The average molecular weight is 238 g/mol. The Morgan fingerprint density at radius 2 is 1.83 bits per heavy atom. The van der Waals surface area contributed by atoms with Gasteiger partial charge in [0, 0.05) is 13.1 Å². The summed E-state index contributed by atoms with van der Waals surface area (Å²) in [4.78, 5) is 4.15. The molecule has 0 radical (unpaired) electrons. The molecule has 0 bridgehead atoms. The highest BCUT2D eigenvalue weighted by molar-refractivity contribution is 5.39. The number of nitriles is 1. The molecule has 0 aliphatic heterocycles. The van der Waals surface area contributed by atoms with Crippen LogP contribution in [-0.4, -0.2) is 4.98 Å². The van der Waals surface area contributed by atoms with E-state index < -0.39 is 0 Å². The van der Waals surface area contributed by atoms with Crippen LogP contribution in [0.4, 0.5) is 5.82 Å². The van der Waals surface area contributed by atoms with E-state index in [0.29, 0.717) is 24.6 Å². The van der Waals surface area contributed by atoms with Gasteiger partial charge in [0.05, 0.1) is 0 Å². The molecule has 0 saturated carbocycles. The van der Waals surface area contributed by atoms with E-state index in [4.69, 9.17) is 11.0 Å². The molecule has 4 nitrogen and oxygen atoms in total. The number of aromatic nitrogens is 1.